The molecule has 0 aromatic carbocycles. The summed E-state index contributed by atoms with van der Waals surface area (Å²) in [4.78, 5) is 11.5. The van der Waals surface area contributed by atoms with Crippen molar-refractivity contribution in [2.75, 3.05) is 19.6 Å². The second kappa shape index (κ2) is 7.84. The highest BCUT2D eigenvalue weighted by Gasteiger charge is 2.18. The van der Waals surface area contributed by atoms with Crippen LogP contribution in [0.4, 0.5) is 0 Å². The summed E-state index contributed by atoms with van der Waals surface area (Å²) in [5.74, 6) is 0.714. The molecule has 3 rings (SSSR count). The Bertz CT molecular complexity index is 538. The molecule has 3 heterocycles. The van der Waals surface area contributed by atoms with Gasteiger partial charge in [-0.1, -0.05) is 6.07 Å². The van der Waals surface area contributed by atoms with Crippen LogP contribution in [0.2, 0.25) is 0 Å². The minimum atomic E-state index is 0. The van der Waals surface area contributed by atoms with Gasteiger partial charge in [0.25, 0.3) is 0 Å². The minimum Gasteiger partial charge on any atom is -0.330 e. The third-order valence-corrected chi connectivity index (χ3v) is 4.78. The number of aromatic nitrogens is 2. The summed E-state index contributed by atoms with van der Waals surface area (Å²) in [6.07, 6.45) is 4.25. The Morgan fingerprint density at radius 1 is 1.29 bits per heavy atom. The Hall–Kier alpha value is -1.01. The SMILES string of the molecule is Cl.NCC1CCN(Cc2csc(-c3ccccn3)n2)CC1. The molecular weight excluding hydrogens is 304 g/mol. The fraction of sp³-hybridized carbons (Fsp3) is 0.467. The smallest absolute Gasteiger partial charge is 0.142 e. The van der Waals surface area contributed by atoms with Crippen LogP contribution in [0, 0.1) is 5.92 Å². The normalized spacial score (nSPS) is 16.6. The van der Waals surface area contributed by atoms with E-state index in [4.69, 9.17) is 10.7 Å². The van der Waals surface area contributed by atoms with Gasteiger partial charge in [-0.15, -0.1) is 23.7 Å². The van der Waals surface area contributed by atoms with Crippen LogP contribution in [0.3, 0.4) is 0 Å². The van der Waals surface area contributed by atoms with E-state index in [9.17, 15) is 0 Å². The lowest BCUT2D eigenvalue weighted by Gasteiger charge is -2.30. The molecule has 0 spiro atoms. The first-order valence-corrected chi connectivity index (χ1v) is 8.01. The number of halogens is 1. The van der Waals surface area contributed by atoms with Crippen molar-refractivity contribution in [2.45, 2.75) is 19.4 Å². The lowest BCUT2D eigenvalue weighted by molar-refractivity contribution is 0.179. The monoisotopic (exact) mass is 324 g/mol. The first-order chi connectivity index (χ1) is 9.85. The van der Waals surface area contributed by atoms with E-state index in [1.54, 1.807) is 11.3 Å². The van der Waals surface area contributed by atoms with Crippen LogP contribution in [0.15, 0.2) is 29.8 Å². The molecule has 2 N–H and O–H groups in total. The van der Waals surface area contributed by atoms with Crippen LogP contribution < -0.4 is 5.73 Å². The lowest BCUT2D eigenvalue weighted by atomic mass is 9.97. The number of nitrogens with zero attached hydrogens (tertiary/aromatic N) is 3. The van der Waals surface area contributed by atoms with Crippen LogP contribution in [-0.4, -0.2) is 34.5 Å². The zero-order valence-corrected chi connectivity index (χ0v) is 13.6. The summed E-state index contributed by atoms with van der Waals surface area (Å²) >= 11 is 1.68. The summed E-state index contributed by atoms with van der Waals surface area (Å²) in [5, 5.41) is 3.16. The molecule has 0 saturated carbocycles. The number of likely N-dealkylation sites (tertiary alicyclic amines) is 1. The van der Waals surface area contributed by atoms with E-state index in [0.717, 1.165) is 42.6 Å². The van der Waals surface area contributed by atoms with Gasteiger partial charge in [-0.25, -0.2) is 4.98 Å². The molecule has 6 heteroatoms. The van der Waals surface area contributed by atoms with Gasteiger partial charge >= 0.3 is 0 Å². The first kappa shape index (κ1) is 16.4. The maximum Gasteiger partial charge on any atom is 0.142 e. The molecule has 1 aliphatic heterocycles. The molecule has 21 heavy (non-hydrogen) atoms. The Morgan fingerprint density at radius 3 is 2.76 bits per heavy atom. The van der Waals surface area contributed by atoms with Crippen molar-refractivity contribution in [3.8, 4) is 10.7 Å². The predicted molar refractivity (Wildman–Crippen MR) is 89.6 cm³/mol. The van der Waals surface area contributed by atoms with E-state index >= 15 is 0 Å². The van der Waals surface area contributed by atoms with Gasteiger partial charge in [-0.05, 0) is 50.5 Å². The van der Waals surface area contributed by atoms with Crippen molar-refractivity contribution >= 4 is 23.7 Å². The number of hydrogen-bond acceptors (Lipinski definition) is 5. The van der Waals surface area contributed by atoms with Crippen LogP contribution in [0.1, 0.15) is 18.5 Å². The molecule has 0 radical (unpaired) electrons. The van der Waals surface area contributed by atoms with Gasteiger partial charge in [0, 0.05) is 18.1 Å². The predicted octanol–water partition coefficient (Wildman–Crippen LogP) is 2.80. The van der Waals surface area contributed by atoms with Gasteiger partial charge in [0.2, 0.25) is 0 Å². The third-order valence-electron chi connectivity index (χ3n) is 3.86. The quantitative estimate of drug-likeness (QED) is 0.939. The zero-order chi connectivity index (χ0) is 13.8. The van der Waals surface area contributed by atoms with E-state index in [2.05, 4.69) is 15.3 Å². The van der Waals surface area contributed by atoms with Gasteiger partial charge in [0.1, 0.15) is 5.01 Å². The molecular formula is C15H21ClN4S. The number of pyridine rings is 1. The lowest BCUT2D eigenvalue weighted by Crippen LogP contribution is -2.35. The van der Waals surface area contributed by atoms with Gasteiger partial charge < -0.3 is 5.73 Å². The summed E-state index contributed by atoms with van der Waals surface area (Å²) in [5.41, 5.74) is 7.85. The summed E-state index contributed by atoms with van der Waals surface area (Å²) < 4.78 is 0. The first-order valence-electron chi connectivity index (χ1n) is 7.13. The Balaban J connectivity index is 0.00000161. The van der Waals surface area contributed by atoms with Crippen molar-refractivity contribution in [2.24, 2.45) is 11.7 Å². The van der Waals surface area contributed by atoms with Crippen molar-refractivity contribution < 1.29 is 0 Å². The standard InChI is InChI=1S/C15H20N4S.ClH/c16-9-12-4-7-19(8-5-12)10-13-11-20-15(18-13)14-3-1-2-6-17-14;/h1-3,6,11-12H,4-5,7-10,16H2;1H. The van der Waals surface area contributed by atoms with Gasteiger partial charge in [0.15, 0.2) is 0 Å². The van der Waals surface area contributed by atoms with Crippen molar-refractivity contribution in [1.82, 2.24) is 14.9 Å². The number of thiazole rings is 1. The topological polar surface area (TPSA) is 55.0 Å². The number of hydrogen-bond donors (Lipinski definition) is 1. The molecule has 2 aromatic rings. The van der Waals surface area contributed by atoms with E-state index in [1.165, 1.54) is 12.8 Å². The fourth-order valence-corrected chi connectivity index (χ4v) is 3.38. The van der Waals surface area contributed by atoms with E-state index < -0.39 is 0 Å². The molecule has 1 fully saturated rings. The average Bonchev–Trinajstić information content (AvgIpc) is 2.97. The van der Waals surface area contributed by atoms with Crippen LogP contribution in [-0.2, 0) is 6.54 Å². The summed E-state index contributed by atoms with van der Waals surface area (Å²) in [6.45, 7) is 4.05. The van der Waals surface area contributed by atoms with Gasteiger partial charge in [0.05, 0.1) is 11.4 Å². The summed E-state index contributed by atoms with van der Waals surface area (Å²) in [6, 6.07) is 5.94. The van der Waals surface area contributed by atoms with Gasteiger partial charge in [-0.3, -0.25) is 9.88 Å². The largest absolute Gasteiger partial charge is 0.330 e. The fourth-order valence-electron chi connectivity index (χ4n) is 2.60. The van der Waals surface area contributed by atoms with Gasteiger partial charge in [-0.2, -0.15) is 0 Å². The molecule has 4 nitrogen and oxygen atoms in total. The van der Waals surface area contributed by atoms with Crippen molar-refractivity contribution in [3.05, 3.63) is 35.5 Å². The Kier molecular flexibility index (Phi) is 6.11. The molecule has 1 saturated heterocycles. The molecule has 2 aromatic heterocycles. The highest BCUT2D eigenvalue weighted by atomic mass is 35.5. The molecule has 0 atom stereocenters. The molecule has 0 aliphatic carbocycles. The Labute approximate surface area is 135 Å². The van der Waals surface area contributed by atoms with Crippen LogP contribution >= 0.6 is 23.7 Å². The number of nitrogens with two attached hydrogens (primary N) is 1. The van der Waals surface area contributed by atoms with Crippen molar-refractivity contribution in [1.29, 1.82) is 0 Å². The van der Waals surface area contributed by atoms with E-state index in [1.807, 2.05) is 24.4 Å². The highest BCUT2D eigenvalue weighted by Crippen LogP contribution is 2.23. The van der Waals surface area contributed by atoms with Crippen LogP contribution in [0.25, 0.3) is 10.7 Å². The van der Waals surface area contributed by atoms with Crippen LogP contribution in [0.5, 0.6) is 0 Å². The molecule has 0 unspecified atom stereocenters. The number of piperidine rings is 1. The second-order valence-corrected chi connectivity index (χ2v) is 6.17. The average molecular weight is 325 g/mol. The molecule has 0 amide bonds. The Morgan fingerprint density at radius 2 is 2.10 bits per heavy atom. The maximum atomic E-state index is 5.73. The molecule has 1 aliphatic rings. The van der Waals surface area contributed by atoms with E-state index in [0.29, 0.717) is 5.92 Å². The maximum absolute atomic E-state index is 5.73. The molecule has 114 valence electrons. The zero-order valence-electron chi connectivity index (χ0n) is 11.9. The second-order valence-electron chi connectivity index (χ2n) is 5.31. The van der Waals surface area contributed by atoms with Crippen molar-refractivity contribution in [3.63, 3.8) is 0 Å². The highest BCUT2D eigenvalue weighted by molar-refractivity contribution is 7.13. The summed E-state index contributed by atoms with van der Waals surface area (Å²) in [7, 11) is 0. The minimum absolute atomic E-state index is 0. The molecule has 0 bridgehead atoms. The van der Waals surface area contributed by atoms with E-state index in [-0.39, 0.29) is 12.4 Å². The third kappa shape index (κ3) is 4.23. The number of rotatable bonds is 4.